The van der Waals surface area contributed by atoms with Gasteiger partial charge >= 0.3 is 0 Å². The maximum absolute atomic E-state index is 6.02. The summed E-state index contributed by atoms with van der Waals surface area (Å²) in [4.78, 5) is 0. The molecule has 0 N–H and O–H groups in total. The van der Waals surface area contributed by atoms with Gasteiger partial charge in [-0.15, -0.1) is 0 Å². The monoisotopic (exact) mass is 220 g/mol. The maximum atomic E-state index is 6.02. The summed E-state index contributed by atoms with van der Waals surface area (Å²) in [5.74, 6) is 0. The van der Waals surface area contributed by atoms with Crippen LogP contribution in [0, 0.1) is 6.92 Å². The summed E-state index contributed by atoms with van der Waals surface area (Å²) in [6.07, 6.45) is 1.92. The van der Waals surface area contributed by atoms with Crippen molar-refractivity contribution in [3.63, 3.8) is 0 Å². The first-order valence-electron chi connectivity index (χ1n) is 6.06. The molecule has 1 aromatic carbocycles. The van der Waals surface area contributed by atoms with Gasteiger partial charge in [-0.05, 0) is 19.4 Å². The summed E-state index contributed by atoms with van der Waals surface area (Å²) in [5.41, 5.74) is 2.48. The zero-order valence-electron chi connectivity index (χ0n) is 10.2. The Morgan fingerprint density at radius 3 is 2.38 bits per heavy atom. The number of ether oxygens (including phenoxy) is 2. The normalized spacial score (nSPS) is 19.6. The topological polar surface area (TPSA) is 18.5 Å². The molecule has 2 nitrogen and oxygen atoms in total. The van der Waals surface area contributed by atoms with Crippen molar-refractivity contribution in [1.82, 2.24) is 0 Å². The molecule has 0 radical (unpaired) electrons. The van der Waals surface area contributed by atoms with E-state index in [2.05, 4.69) is 38.1 Å². The average molecular weight is 220 g/mol. The van der Waals surface area contributed by atoms with Crippen LogP contribution in [0.15, 0.2) is 24.3 Å². The predicted octanol–water partition coefficient (Wildman–Crippen LogP) is 3.04. The van der Waals surface area contributed by atoms with Gasteiger partial charge in [0.25, 0.3) is 0 Å². The minimum atomic E-state index is -0.110. The molecular weight excluding hydrogens is 200 g/mol. The van der Waals surface area contributed by atoms with E-state index in [9.17, 15) is 0 Å². The molecule has 0 amide bonds. The number of benzene rings is 1. The van der Waals surface area contributed by atoms with Crippen LogP contribution in [0.25, 0.3) is 0 Å². The van der Waals surface area contributed by atoms with Gasteiger partial charge < -0.3 is 9.47 Å². The van der Waals surface area contributed by atoms with E-state index in [0.29, 0.717) is 0 Å². The van der Waals surface area contributed by atoms with Crippen molar-refractivity contribution in [2.45, 2.75) is 32.3 Å². The lowest BCUT2D eigenvalue weighted by atomic mass is 9.86. The van der Waals surface area contributed by atoms with Crippen molar-refractivity contribution in [3.05, 3.63) is 35.4 Å². The van der Waals surface area contributed by atoms with Crippen molar-refractivity contribution in [2.24, 2.45) is 0 Å². The molecule has 16 heavy (non-hydrogen) atoms. The standard InChI is InChI=1S/C14H20O2/c1-3-16-14(8-10-15-11-9-14)13-6-4-12(2)5-7-13/h4-7H,3,8-11H2,1-2H3. The van der Waals surface area contributed by atoms with Crippen molar-refractivity contribution in [1.29, 1.82) is 0 Å². The Labute approximate surface area is 97.6 Å². The summed E-state index contributed by atoms with van der Waals surface area (Å²) in [6, 6.07) is 8.70. The Bertz CT molecular complexity index is 318. The summed E-state index contributed by atoms with van der Waals surface area (Å²) in [6.45, 7) is 6.53. The van der Waals surface area contributed by atoms with Crippen LogP contribution in [0.2, 0.25) is 0 Å². The Balaban J connectivity index is 2.26. The Kier molecular flexibility index (Phi) is 3.62. The highest BCUT2D eigenvalue weighted by molar-refractivity contribution is 5.27. The number of hydrogen-bond donors (Lipinski definition) is 0. The Morgan fingerprint density at radius 2 is 1.81 bits per heavy atom. The van der Waals surface area contributed by atoms with E-state index < -0.39 is 0 Å². The highest BCUT2D eigenvalue weighted by Crippen LogP contribution is 2.36. The van der Waals surface area contributed by atoms with E-state index in [1.54, 1.807) is 0 Å². The largest absolute Gasteiger partial charge is 0.381 e. The number of aryl methyl sites for hydroxylation is 1. The van der Waals surface area contributed by atoms with E-state index in [-0.39, 0.29) is 5.60 Å². The van der Waals surface area contributed by atoms with E-state index >= 15 is 0 Å². The first kappa shape index (κ1) is 11.6. The van der Waals surface area contributed by atoms with E-state index in [1.165, 1.54) is 11.1 Å². The highest BCUT2D eigenvalue weighted by Gasteiger charge is 2.34. The van der Waals surface area contributed by atoms with Gasteiger partial charge in [0.05, 0.1) is 5.60 Å². The molecule has 1 saturated heterocycles. The predicted molar refractivity (Wildman–Crippen MR) is 64.5 cm³/mol. The summed E-state index contributed by atoms with van der Waals surface area (Å²) >= 11 is 0. The molecule has 0 aliphatic carbocycles. The lowest BCUT2D eigenvalue weighted by molar-refractivity contribution is -0.112. The van der Waals surface area contributed by atoms with Crippen LogP contribution in [-0.2, 0) is 15.1 Å². The summed E-state index contributed by atoms with van der Waals surface area (Å²) in [5, 5.41) is 0. The lowest BCUT2D eigenvalue weighted by Gasteiger charge is -2.37. The van der Waals surface area contributed by atoms with Crippen LogP contribution >= 0.6 is 0 Å². The van der Waals surface area contributed by atoms with Gasteiger partial charge in [0.1, 0.15) is 0 Å². The second-order valence-electron chi connectivity index (χ2n) is 4.41. The molecule has 0 unspecified atom stereocenters. The highest BCUT2D eigenvalue weighted by atomic mass is 16.5. The molecule has 0 aromatic heterocycles. The van der Waals surface area contributed by atoms with Gasteiger partial charge in [-0.2, -0.15) is 0 Å². The molecule has 0 saturated carbocycles. The Morgan fingerprint density at radius 1 is 1.19 bits per heavy atom. The molecule has 1 aliphatic heterocycles. The summed E-state index contributed by atoms with van der Waals surface area (Å²) in [7, 11) is 0. The molecule has 88 valence electrons. The van der Waals surface area contributed by atoms with Gasteiger partial charge in [-0.3, -0.25) is 0 Å². The SMILES string of the molecule is CCOC1(c2ccc(C)cc2)CCOCC1. The molecule has 2 rings (SSSR count). The quantitative estimate of drug-likeness (QED) is 0.779. The Hall–Kier alpha value is -0.860. The third kappa shape index (κ3) is 2.28. The molecule has 0 atom stereocenters. The maximum Gasteiger partial charge on any atom is 0.0975 e. The zero-order chi connectivity index (χ0) is 11.4. The van der Waals surface area contributed by atoms with Crippen molar-refractivity contribution in [3.8, 4) is 0 Å². The minimum Gasteiger partial charge on any atom is -0.381 e. The van der Waals surface area contributed by atoms with E-state index in [4.69, 9.17) is 9.47 Å². The minimum absolute atomic E-state index is 0.110. The third-order valence-electron chi connectivity index (χ3n) is 3.30. The van der Waals surface area contributed by atoms with E-state index in [1.807, 2.05) is 0 Å². The molecule has 0 bridgehead atoms. The molecule has 1 heterocycles. The van der Waals surface area contributed by atoms with Crippen LogP contribution in [0.1, 0.15) is 30.9 Å². The lowest BCUT2D eigenvalue weighted by Crippen LogP contribution is -2.36. The molecule has 1 aliphatic rings. The first-order chi connectivity index (χ1) is 7.77. The average Bonchev–Trinajstić information content (AvgIpc) is 2.31. The fourth-order valence-electron chi connectivity index (χ4n) is 2.35. The van der Waals surface area contributed by atoms with Gasteiger partial charge in [-0.1, -0.05) is 29.8 Å². The van der Waals surface area contributed by atoms with Gasteiger partial charge in [0.15, 0.2) is 0 Å². The van der Waals surface area contributed by atoms with E-state index in [0.717, 1.165) is 32.7 Å². The smallest absolute Gasteiger partial charge is 0.0975 e. The molecule has 0 spiro atoms. The fourth-order valence-corrected chi connectivity index (χ4v) is 2.35. The van der Waals surface area contributed by atoms with Crippen LogP contribution in [-0.4, -0.2) is 19.8 Å². The molecule has 1 aromatic rings. The first-order valence-corrected chi connectivity index (χ1v) is 6.06. The van der Waals surface area contributed by atoms with Crippen LogP contribution in [0.4, 0.5) is 0 Å². The fraction of sp³-hybridized carbons (Fsp3) is 0.571. The molecular formula is C14H20O2. The van der Waals surface area contributed by atoms with Crippen LogP contribution in [0.5, 0.6) is 0 Å². The van der Waals surface area contributed by atoms with Gasteiger partial charge in [-0.25, -0.2) is 0 Å². The number of rotatable bonds is 3. The second-order valence-corrected chi connectivity index (χ2v) is 4.41. The van der Waals surface area contributed by atoms with Gasteiger partial charge in [0, 0.05) is 32.7 Å². The third-order valence-corrected chi connectivity index (χ3v) is 3.30. The van der Waals surface area contributed by atoms with Crippen LogP contribution in [0.3, 0.4) is 0 Å². The van der Waals surface area contributed by atoms with Gasteiger partial charge in [0.2, 0.25) is 0 Å². The zero-order valence-corrected chi connectivity index (χ0v) is 10.2. The van der Waals surface area contributed by atoms with Crippen LogP contribution < -0.4 is 0 Å². The molecule has 1 fully saturated rings. The second kappa shape index (κ2) is 4.98. The molecule has 2 heteroatoms. The summed E-state index contributed by atoms with van der Waals surface area (Å²) < 4.78 is 11.5. The van der Waals surface area contributed by atoms with Crippen molar-refractivity contribution >= 4 is 0 Å². The number of hydrogen-bond acceptors (Lipinski definition) is 2. The van der Waals surface area contributed by atoms with Crippen molar-refractivity contribution < 1.29 is 9.47 Å². The van der Waals surface area contributed by atoms with Crippen molar-refractivity contribution in [2.75, 3.05) is 19.8 Å².